The molecule has 0 bridgehead atoms. The monoisotopic (exact) mass is 388 g/mol. The molecule has 0 aromatic heterocycles. The fourth-order valence-electron chi connectivity index (χ4n) is 3.05. The first-order chi connectivity index (χ1) is 12.3. The van der Waals surface area contributed by atoms with Crippen molar-refractivity contribution < 1.29 is 9.59 Å². The number of benzene rings is 2. The largest absolute Gasteiger partial charge is 0.325 e. The predicted octanol–water partition coefficient (Wildman–Crippen LogP) is 4.65. The second-order valence-corrected chi connectivity index (χ2v) is 8.23. The number of hydrogen-bond acceptors (Lipinski definition) is 3. The molecule has 2 aromatic carbocycles. The van der Waals surface area contributed by atoms with E-state index in [0.29, 0.717) is 11.4 Å². The van der Waals surface area contributed by atoms with E-state index in [9.17, 15) is 9.59 Å². The van der Waals surface area contributed by atoms with Gasteiger partial charge < -0.3 is 5.32 Å². The van der Waals surface area contributed by atoms with Crippen molar-refractivity contribution in [1.82, 2.24) is 0 Å². The van der Waals surface area contributed by atoms with Gasteiger partial charge in [0.1, 0.15) is 10.8 Å². The Labute approximate surface area is 162 Å². The first-order valence-electron chi connectivity index (χ1n) is 8.42. The van der Waals surface area contributed by atoms with E-state index >= 15 is 0 Å². The summed E-state index contributed by atoms with van der Waals surface area (Å²) >= 11 is 7.42. The third-order valence-corrected chi connectivity index (χ3v) is 5.56. The maximum absolute atomic E-state index is 12.6. The zero-order valence-corrected chi connectivity index (χ0v) is 16.5. The molecular weight excluding hydrogens is 368 g/mol. The number of alkyl halides is 1. The van der Waals surface area contributed by atoms with E-state index in [2.05, 4.69) is 11.4 Å². The molecule has 1 fully saturated rings. The molecule has 1 saturated heterocycles. The molecule has 1 aliphatic rings. The number of nitrogens with zero attached hydrogens (tertiary/aromatic N) is 1. The van der Waals surface area contributed by atoms with Gasteiger partial charge in [0.25, 0.3) is 0 Å². The number of nitrogens with one attached hydrogen (secondary N) is 1. The number of carbonyl (C=O) groups is 2. The van der Waals surface area contributed by atoms with Gasteiger partial charge in [-0.1, -0.05) is 18.2 Å². The lowest BCUT2D eigenvalue weighted by Gasteiger charge is -2.25. The van der Waals surface area contributed by atoms with Gasteiger partial charge in [0.05, 0.1) is 5.75 Å². The SMILES string of the molecule is Cc1cc(C)cc(N2C(=O)CS[C@@H]2c2cccc(NC(=O)[C@@H](C)Cl)c2)c1. The molecule has 0 unspecified atom stereocenters. The summed E-state index contributed by atoms with van der Waals surface area (Å²) in [6.07, 6.45) is 0. The topological polar surface area (TPSA) is 49.4 Å². The van der Waals surface area contributed by atoms with Gasteiger partial charge in [0.15, 0.2) is 0 Å². The van der Waals surface area contributed by atoms with E-state index in [1.807, 2.05) is 55.1 Å². The Morgan fingerprint density at radius 1 is 1.23 bits per heavy atom. The van der Waals surface area contributed by atoms with Crippen molar-refractivity contribution in [3.63, 3.8) is 0 Å². The minimum atomic E-state index is -0.604. The molecule has 2 aromatic rings. The van der Waals surface area contributed by atoms with Crippen LogP contribution in [-0.4, -0.2) is 22.9 Å². The van der Waals surface area contributed by atoms with Gasteiger partial charge in [-0.15, -0.1) is 23.4 Å². The van der Waals surface area contributed by atoms with E-state index < -0.39 is 5.38 Å². The average molecular weight is 389 g/mol. The van der Waals surface area contributed by atoms with Gasteiger partial charge in [0, 0.05) is 11.4 Å². The van der Waals surface area contributed by atoms with Gasteiger partial charge >= 0.3 is 0 Å². The predicted molar refractivity (Wildman–Crippen MR) is 109 cm³/mol. The Hall–Kier alpha value is -1.98. The molecule has 0 saturated carbocycles. The lowest BCUT2D eigenvalue weighted by molar-refractivity contribution is -0.116. The number of halogens is 1. The lowest BCUT2D eigenvalue weighted by Crippen LogP contribution is -2.28. The number of aryl methyl sites for hydroxylation is 2. The van der Waals surface area contributed by atoms with E-state index in [1.54, 1.807) is 18.7 Å². The van der Waals surface area contributed by atoms with Crippen molar-refractivity contribution in [2.24, 2.45) is 0 Å². The molecule has 1 aliphatic heterocycles. The molecule has 2 amide bonds. The second kappa shape index (κ2) is 7.72. The number of amides is 2. The fraction of sp³-hybridized carbons (Fsp3) is 0.300. The van der Waals surface area contributed by atoms with Crippen LogP contribution < -0.4 is 10.2 Å². The van der Waals surface area contributed by atoms with Crippen molar-refractivity contribution >= 4 is 46.6 Å². The summed E-state index contributed by atoms with van der Waals surface area (Å²) in [6.45, 7) is 5.69. The minimum Gasteiger partial charge on any atom is -0.325 e. The Balaban J connectivity index is 1.92. The summed E-state index contributed by atoms with van der Waals surface area (Å²) in [6, 6.07) is 13.7. The number of rotatable bonds is 4. The third-order valence-electron chi connectivity index (χ3n) is 4.15. The van der Waals surface area contributed by atoms with Crippen LogP contribution in [0.3, 0.4) is 0 Å². The number of hydrogen-bond donors (Lipinski definition) is 1. The molecule has 6 heteroatoms. The molecular formula is C20H21ClN2O2S. The first kappa shape index (κ1) is 18.8. The van der Waals surface area contributed by atoms with E-state index in [1.165, 1.54) is 0 Å². The molecule has 136 valence electrons. The van der Waals surface area contributed by atoms with Crippen LogP contribution in [0.5, 0.6) is 0 Å². The Kier molecular flexibility index (Phi) is 5.58. The zero-order valence-electron chi connectivity index (χ0n) is 15.0. The molecule has 0 spiro atoms. The van der Waals surface area contributed by atoms with Gasteiger partial charge in [-0.25, -0.2) is 0 Å². The standard InChI is InChI=1S/C20H21ClN2O2S/c1-12-7-13(2)9-17(8-12)23-18(24)11-26-20(23)15-5-4-6-16(10-15)22-19(25)14(3)21/h4-10,14,20H,11H2,1-3H3,(H,22,25)/t14-,20-/m1/s1. The molecule has 4 nitrogen and oxygen atoms in total. The third kappa shape index (κ3) is 4.05. The first-order valence-corrected chi connectivity index (χ1v) is 9.90. The van der Waals surface area contributed by atoms with Gasteiger partial charge in [-0.3, -0.25) is 14.5 Å². The van der Waals surface area contributed by atoms with Gasteiger partial charge in [-0.05, 0) is 61.7 Å². The van der Waals surface area contributed by atoms with E-state index in [4.69, 9.17) is 11.6 Å². The highest BCUT2D eigenvalue weighted by molar-refractivity contribution is 8.00. The van der Waals surface area contributed by atoms with Crippen molar-refractivity contribution in [2.45, 2.75) is 31.5 Å². The summed E-state index contributed by atoms with van der Waals surface area (Å²) in [5.74, 6) is 0.284. The average Bonchev–Trinajstić information content (AvgIpc) is 2.95. The smallest absolute Gasteiger partial charge is 0.242 e. The second-order valence-electron chi connectivity index (χ2n) is 6.50. The minimum absolute atomic E-state index is 0.0915. The van der Waals surface area contributed by atoms with Crippen LogP contribution >= 0.6 is 23.4 Å². The number of carbonyl (C=O) groups excluding carboxylic acids is 2. The van der Waals surface area contributed by atoms with E-state index in [0.717, 1.165) is 22.4 Å². The highest BCUT2D eigenvalue weighted by Gasteiger charge is 2.34. The van der Waals surface area contributed by atoms with E-state index in [-0.39, 0.29) is 17.2 Å². The van der Waals surface area contributed by atoms with Crippen LogP contribution in [0.2, 0.25) is 0 Å². The highest BCUT2D eigenvalue weighted by Crippen LogP contribution is 2.42. The highest BCUT2D eigenvalue weighted by atomic mass is 35.5. The van der Waals surface area contributed by atoms with Crippen molar-refractivity contribution in [2.75, 3.05) is 16.0 Å². The van der Waals surface area contributed by atoms with Crippen molar-refractivity contribution in [3.8, 4) is 0 Å². The molecule has 1 heterocycles. The summed E-state index contributed by atoms with van der Waals surface area (Å²) < 4.78 is 0. The molecule has 2 atom stereocenters. The summed E-state index contributed by atoms with van der Waals surface area (Å²) in [5.41, 5.74) is 4.81. The van der Waals surface area contributed by atoms with Crippen molar-refractivity contribution in [1.29, 1.82) is 0 Å². The lowest BCUT2D eigenvalue weighted by atomic mass is 10.1. The maximum atomic E-state index is 12.6. The maximum Gasteiger partial charge on any atom is 0.242 e. The summed E-state index contributed by atoms with van der Waals surface area (Å²) in [7, 11) is 0. The molecule has 0 aliphatic carbocycles. The van der Waals surface area contributed by atoms with Crippen LogP contribution in [0.25, 0.3) is 0 Å². The summed E-state index contributed by atoms with van der Waals surface area (Å²) in [5, 5.41) is 2.09. The molecule has 26 heavy (non-hydrogen) atoms. The Bertz CT molecular complexity index is 833. The summed E-state index contributed by atoms with van der Waals surface area (Å²) in [4.78, 5) is 26.2. The van der Waals surface area contributed by atoms with Crippen LogP contribution in [0.1, 0.15) is 29.0 Å². The van der Waals surface area contributed by atoms with Crippen LogP contribution in [0.15, 0.2) is 42.5 Å². The van der Waals surface area contributed by atoms with Crippen molar-refractivity contribution in [3.05, 3.63) is 59.2 Å². The Morgan fingerprint density at radius 2 is 1.92 bits per heavy atom. The van der Waals surface area contributed by atoms with Crippen LogP contribution in [0.4, 0.5) is 11.4 Å². The van der Waals surface area contributed by atoms with Gasteiger partial charge in [-0.2, -0.15) is 0 Å². The fourth-order valence-corrected chi connectivity index (χ4v) is 4.27. The number of thioether (sulfide) groups is 1. The molecule has 0 radical (unpaired) electrons. The van der Waals surface area contributed by atoms with Gasteiger partial charge in [0.2, 0.25) is 11.8 Å². The van der Waals surface area contributed by atoms with Crippen LogP contribution in [-0.2, 0) is 9.59 Å². The molecule has 1 N–H and O–H groups in total. The van der Waals surface area contributed by atoms with Crippen LogP contribution in [0, 0.1) is 13.8 Å². The Morgan fingerprint density at radius 3 is 2.58 bits per heavy atom. The molecule has 3 rings (SSSR count). The number of anilines is 2. The zero-order chi connectivity index (χ0) is 18.8. The quantitative estimate of drug-likeness (QED) is 0.775. The normalized spacial score (nSPS) is 18.1.